The number of methoxy groups -OCH3 is 1. The van der Waals surface area contributed by atoms with Crippen LogP contribution in [0.2, 0.25) is 0 Å². The molecule has 1 heterocycles. The van der Waals surface area contributed by atoms with Gasteiger partial charge in [0.1, 0.15) is 10.8 Å². The first-order valence-electron chi connectivity index (χ1n) is 5.65. The van der Waals surface area contributed by atoms with Gasteiger partial charge < -0.3 is 10.1 Å². The van der Waals surface area contributed by atoms with Crippen LogP contribution >= 0.6 is 11.3 Å². The summed E-state index contributed by atoms with van der Waals surface area (Å²) in [7, 11) is 3.33. The van der Waals surface area contributed by atoms with Crippen LogP contribution in [0.5, 0.6) is 5.75 Å². The minimum atomic E-state index is -0.139. The highest BCUT2D eigenvalue weighted by Crippen LogP contribution is 2.27. The predicted molar refractivity (Wildman–Crippen MR) is 74.5 cm³/mol. The first-order valence-corrected chi connectivity index (χ1v) is 6.47. The summed E-state index contributed by atoms with van der Waals surface area (Å²) in [5.41, 5.74) is 0.937. The summed E-state index contributed by atoms with van der Waals surface area (Å²) in [6.45, 7) is 0.247. The van der Waals surface area contributed by atoms with Gasteiger partial charge in [0, 0.05) is 5.56 Å². The van der Waals surface area contributed by atoms with E-state index in [1.165, 1.54) is 11.3 Å². The maximum atomic E-state index is 11.4. The predicted octanol–water partition coefficient (Wildman–Crippen LogP) is 1.37. The molecule has 6 nitrogen and oxygen atoms in total. The maximum absolute atomic E-state index is 11.4. The molecule has 2 aromatic rings. The van der Waals surface area contributed by atoms with E-state index < -0.39 is 0 Å². The number of aromatic nitrogens is 2. The van der Waals surface area contributed by atoms with E-state index >= 15 is 0 Å². The zero-order valence-electron chi connectivity index (χ0n) is 10.6. The third-order valence-corrected chi connectivity index (χ3v) is 3.23. The fraction of sp³-hybridized carbons (Fsp3) is 0.250. The van der Waals surface area contributed by atoms with Gasteiger partial charge in [-0.1, -0.05) is 11.3 Å². The third kappa shape index (κ3) is 3.49. The second-order valence-corrected chi connectivity index (χ2v) is 4.70. The summed E-state index contributed by atoms with van der Waals surface area (Å²) in [5.74, 6) is 0.649. The molecule has 2 rings (SSSR count). The van der Waals surface area contributed by atoms with E-state index in [1.807, 2.05) is 24.3 Å². The van der Waals surface area contributed by atoms with Crippen LogP contribution in [-0.4, -0.2) is 36.8 Å². The van der Waals surface area contributed by atoms with Crippen LogP contribution in [0.25, 0.3) is 10.6 Å². The van der Waals surface area contributed by atoms with Gasteiger partial charge in [0.2, 0.25) is 11.0 Å². The zero-order chi connectivity index (χ0) is 13.7. The number of nitrogens with one attached hydrogen (secondary N) is 2. The molecule has 0 aliphatic carbocycles. The molecule has 0 aliphatic rings. The Morgan fingerprint density at radius 1 is 1.32 bits per heavy atom. The highest BCUT2D eigenvalue weighted by molar-refractivity contribution is 7.18. The van der Waals surface area contributed by atoms with Crippen molar-refractivity contribution >= 4 is 22.4 Å². The Bertz CT molecular complexity index is 553. The van der Waals surface area contributed by atoms with Crippen LogP contribution in [0.3, 0.4) is 0 Å². The van der Waals surface area contributed by atoms with Gasteiger partial charge in [0.25, 0.3) is 0 Å². The maximum Gasteiger partial charge on any atom is 0.240 e. The molecule has 0 saturated heterocycles. The lowest BCUT2D eigenvalue weighted by atomic mass is 10.2. The van der Waals surface area contributed by atoms with Crippen molar-refractivity contribution in [3.63, 3.8) is 0 Å². The van der Waals surface area contributed by atoms with Gasteiger partial charge >= 0.3 is 0 Å². The smallest absolute Gasteiger partial charge is 0.240 e. The Morgan fingerprint density at radius 2 is 2.05 bits per heavy atom. The average molecular weight is 278 g/mol. The molecule has 0 saturated carbocycles. The van der Waals surface area contributed by atoms with Gasteiger partial charge in [-0.3, -0.25) is 10.1 Å². The van der Waals surface area contributed by atoms with Crippen LogP contribution in [0.15, 0.2) is 24.3 Å². The third-order valence-electron chi connectivity index (χ3n) is 2.35. The molecule has 0 radical (unpaired) electrons. The molecule has 0 unspecified atom stereocenters. The van der Waals surface area contributed by atoms with E-state index in [9.17, 15) is 4.79 Å². The number of rotatable bonds is 5. The molecule has 7 heteroatoms. The number of amides is 1. The van der Waals surface area contributed by atoms with Gasteiger partial charge in [0.05, 0.1) is 13.7 Å². The fourth-order valence-corrected chi connectivity index (χ4v) is 2.21. The van der Waals surface area contributed by atoms with Crippen molar-refractivity contribution in [2.45, 2.75) is 0 Å². The Kier molecular flexibility index (Phi) is 4.43. The number of carbonyl (C=O) groups excluding carboxylic acids is 1. The van der Waals surface area contributed by atoms with Crippen molar-refractivity contribution in [3.8, 4) is 16.3 Å². The van der Waals surface area contributed by atoms with Crippen molar-refractivity contribution in [1.82, 2.24) is 15.5 Å². The fourth-order valence-electron chi connectivity index (χ4n) is 1.45. The Labute approximate surface area is 114 Å². The van der Waals surface area contributed by atoms with Crippen LogP contribution in [0.1, 0.15) is 0 Å². The molecule has 1 aromatic heterocycles. The van der Waals surface area contributed by atoms with Gasteiger partial charge in [-0.05, 0) is 31.3 Å². The van der Waals surface area contributed by atoms with Crippen molar-refractivity contribution < 1.29 is 9.53 Å². The van der Waals surface area contributed by atoms with E-state index in [0.717, 1.165) is 16.3 Å². The molecule has 19 heavy (non-hydrogen) atoms. The SMILES string of the molecule is CNCC(=O)Nc1nnc(-c2ccc(OC)cc2)s1. The minimum absolute atomic E-state index is 0.139. The molecule has 0 spiro atoms. The topological polar surface area (TPSA) is 76.1 Å². The van der Waals surface area contributed by atoms with E-state index in [-0.39, 0.29) is 12.5 Å². The summed E-state index contributed by atoms with van der Waals surface area (Å²) in [5, 5.41) is 14.7. The Balaban J connectivity index is 2.09. The van der Waals surface area contributed by atoms with Crippen molar-refractivity contribution in [3.05, 3.63) is 24.3 Å². The number of benzene rings is 1. The van der Waals surface area contributed by atoms with Crippen molar-refractivity contribution in [2.24, 2.45) is 0 Å². The number of carbonyl (C=O) groups is 1. The number of hydrogen-bond acceptors (Lipinski definition) is 6. The normalized spacial score (nSPS) is 10.2. The number of nitrogens with zero attached hydrogens (tertiary/aromatic N) is 2. The lowest BCUT2D eigenvalue weighted by Gasteiger charge is -2.00. The number of anilines is 1. The van der Waals surface area contributed by atoms with Crippen LogP contribution in [0.4, 0.5) is 5.13 Å². The highest BCUT2D eigenvalue weighted by Gasteiger charge is 2.09. The van der Waals surface area contributed by atoms with E-state index in [1.54, 1.807) is 14.2 Å². The van der Waals surface area contributed by atoms with E-state index in [4.69, 9.17) is 4.74 Å². The first-order chi connectivity index (χ1) is 9.22. The van der Waals surface area contributed by atoms with Crippen LogP contribution in [-0.2, 0) is 4.79 Å². The molecule has 0 atom stereocenters. The molecule has 0 bridgehead atoms. The molecule has 0 fully saturated rings. The lowest BCUT2D eigenvalue weighted by molar-refractivity contribution is -0.115. The van der Waals surface area contributed by atoms with Crippen LogP contribution < -0.4 is 15.4 Å². The number of ether oxygens (including phenoxy) is 1. The monoisotopic (exact) mass is 278 g/mol. The van der Waals surface area contributed by atoms with Gasteiger partial charge in [-0.2, -0.15) is 0 Å². The number of hydrogen-bond donors (Lipinski definition) is 2. The summed E-state index contributed by atoms with van der Waals surface area (Å²) in [6, 6.07) is 7.52. The van der Waals surface area contributed by atoms with Crippen molar-refractivity contribution in [2.75, 3.05) is 26.0 Å². The summed E-state index contributed by atoms with van der Waals surface area (Å²) < 4.78 is 5.09. The standard InChI is InChI=1S/C12H14N4O2S/c1-13-7-10(17)14-12-16-15-11(19-12)8-3-5-9(18-2)6-4-8/h3-6,13H,7H2,1-2H3,(H,14,16,17). The average Bonchev–Trinajstić information content (AvgIpc) is 2.87. The quantitative estimate of drug-likeness (QED) is 0.864. The highest BCUT2D eigenvalue weighted by atomic mass is 32.1. The summed E-state index contributed by atoms with van der Waals surface area (Å²) in [4.78, 5) is 11.4. The second-order valence-electron chi connectivity index (χ2n) is 3.72. The zero-order valence-corrected chi connectivity index (χ0v) is 11.5. The minimum Gasteiger partial charge on any atom is -0.497 e. The molecule has 1 aromatic carbocycles. The van der Waals surface area contributed by atoms with Crippen LogP contribution in [0, 0.1) is 0 Å². The van der Waals surface area contributed by atoms with Gasteiger partial charge in [-0.15, -0.1) is 10.2 Å². The summed E-state index contributed by atoms with van der Waals surface area (Å²) >= 11 is 1.33. The summed E-state index contributed by atoms with van der Waals surface area (Å²) in [6.07, 6.45) is 0. The molecular weight excluding hydrogens is 264 g/mol. The van der Waals surface area contributed by atoms with Gasteiger partial charge in [0.15, 0.2) is 0 Å². The van der Waals surface area contributed by atoms with E-state index in [0.29, 0.717) is 5.13 Å². The van der Waals surface area contributed by atoms with E-state index in [2.05, 4.69) is 20.8 Å². The number of likely N-dealkylation sites (N-methyl/N-ethyl adjacent to an activating group) is 1. The molecule has 0 aliphatic heterocycles. The van der Waals surface area contributed by atoms with Crippen molar-refractivity contribution in [1.29, 1.82) is 0 Å². The van der Waals surface area contributed by atoms with Gasteiger partial charge in [-0.25, -0.2) is 0 Å². The molecule has 2 N–H and O–H groups in total. The molecule has 1 amide bonds. The molecular formula is C12H14N4O2S. The molecule has 100 valence electrons. The first kappa shape index (κ1) is 13.4. The Hall–Kier alpha value is -1.99. The largest absolute Gasteiger partial charge is 0.497 e. The second kappa shape index (κ2) is 6.26. The lowest BCUT2D eigenvalue weighted by Crippen LogP contribution is -2.24. The Morgan fingerprint density at radius 3 is 2.68 bits per heavy atom.